The maximum atomic E-state index is 12.3. The minimum Gasteiger partial charge on any atom is -0.351 e. The summed E-state index contributed by atoms with van der Waals surface area (Å²) >= 11 is 0. The molecule has 0 unspecified atom stereocenters. The third kappa shape index (κ3) is 6.93. The molecule has 2 N–H and O–H groups in total. The van der Waals surface area contributed by atoms with Crippen LogP contribution in [0.5, 0.6) is 0 Å². The molecular weight excluding hydrogens is 262 g/mol. The van der Waals surface area contributed by atoms with Gasteiger partial charge < -0.3 is 5.32 Å². The summed E-state index contributed by atoms with van der Waals surface area (Å²) in [6.45, 7) is 14.1. The zero-order valence-corrected chi connectivity index (χ0v) is 14.2. The van der Waals surface area contributed by atoms with Gasteiger partial charge in [0.2, 0.25) is 0 Å². The van der Waals surface area contributed by atoms with Crippen LogP contribution in [-0.4, -0.2) is 22.9 Å². The highest BCUT2D eigenvalue weighted by Crippen LogP contribution is 2.08. The highest BCUT2D eigenvalue weighted by molar-refractivity contribution is 6.06. The van der Waals surface area contributed by atoms with Gasteiger partial charge in [-0.2, -0.15) is 0 Å². The van der Waals surface area contributed by atoms with E-state index in [9.17, 15) is 4.79 Å². The number of amides is 1. The van der Waals surface area contributed by atoms with Gasteiger partial charge in [0.15, 0.2) is 5.96 Å². The van der Waals surface area contributed by atoms with E-state index >= 15 is 0 Å². The number of guanidine groups is 1. The first-order valence-corrected chi connectivity index (χ1v) is 7.22. The van der Waals surface area contributed by atoms with Crippen LogP contribution in [0.1, 0.15) is 57.5 Å². The van der Waals surface area contributed by atoms with Gasteiger partial charge in [0.1, 0.15) is 0 Å². The lowest BCUT2D eigenvalue weighted by atomic mass is 10.1. The van der Waals surface area contributed by atoms with Crippen molar-refractivity contribution in [2.75, 3.05) is 0 Å². The Kier molecular flexibility index (Phi) is 5.15. The van der Waals surface area contributed by atoms with Gasteiger partial charge in [0, 0.05) is 11.1 Å². The minimum atomic E-state index is -0.270. The summed E-state index contributed by atoms with van der Waals surface area (Å²) < 4.78 is 0. The summed E-state index contributed by atoms with van der Waals surface area (Å²) in [6, 6.07) is 7.51. The number of carbonyl (C=O) groups is 1. The molecule has 0 aliphatic rings. The second kappa shape index (κ2) is 6.29. The fraction of sp³-hybridized carbons (Fsp3) is 0.529. The standard InChI is InChI=1S/C17H27N3O/c1-12-9-8-10-13(11-12)14(21)18-15(19-16(2,3)4)20-17(5,6)7/h8-11H,1-7H3,(H2,18,19,20,21). The van der Waals surface area contributed by atoms with E-state index in [1.54, 1.807) is 6.07 Å². The molecule has 0 heterocycles. The molecular formula is C17H27N3O. The largest absolute Gasteiger partial charge is 0.351 e. The summed E-state index contributed by atoms with van der Waals surface area (Å²) in [5.41, 5.74) is 1.24. The van der Waals surface area contributed by atoms with Crippen LogP contribution in [-0.2, 0) is 0 Å². The van der Waals surface area contributed by atoms with Crippen molar-refractivity contribution in [1.29, 1.82) is 0 Å². The SMILES string of the molecule is Cc1cccc(C(=O)NC(=NC(C)(C)C)NC(C)(C)C)c1. The van der Waals surface area contributed by atoms with Gasteiger partial charge in [-0.1, -0.05) is 17.7 Å². The van der Waals surface area contributed by atoms with E-state index in [-0.39, 0.29) is 17.0 Å². The van der Waals surface area contributed by atoms with Gasteiger partial charge in [0.05, 0.1) is 5.54 Å². The van der Waals surface area contributed by atoms with Crippen LogP contribution in [0, 0.1) is 6.92 Å². The zero-order valence-electron chi connectivity index (χ0n) is 14.2. The van der Waals surface area contributed by atoms with E-state index < -0.39 is 0 Å². The van der Waals surface area contributed by atoms with Crippen molar-refractivity contribution in [2.24, 2.45) is 4.99 Å². The number of aliphatic imine (C=N–C) groups is 1. The Labute approximate surface area is 128 Å². The van der Waals surface area contributed by atoms with Gasteiger partial charge in [-0.05, 0) is 60.6 Å². The second-order valence-electron chi connectivity index (χ2n) is 7.33. The molecule has 1 rings (SSSR count). The van der Waals surface area contributed by atoms with E-state index in [1.165, 1.54) is 0 Å². The number of nitrogens with zero attached hydrogens (tertiary/aromatic N) is 1. The van der Waals surface area contributed by atoms with E-state index in [0.717, 1.165) is 5.56 Å². The highest BCUT2D eigenvalue weighted by atomic mass is 16.1. The predicted octanol–water partition coefficient (Wildman–Crippen LogP) is 3.27. The molecule has 0 aliphatic heterocycles. The maximum Gasteiger partial charge on any atom is 0.257 e. The van der Waals surface area contributed by atoms with Crippen LogP contribution in [0.2, 0.25) is 0 Å². The summed E-state index contributed by atoms with van der Waals surface area (Å²) in [4.78, 5) is 16.9. The fourth-order valence-electron chi connectivity index (χ4n) is 1.74. The first-order valence-electron chi connectivity index (χ1n) is 7.22. The molecule has 0 spiro atoms. The number of rotatable bonds is 1. The van der Waals surface area contributed by atoms with Crippen molar-refractivity contribution < 1.29 is 4.79 Å². The average Bonchev–Trinajstić information content (AvgIpc) is 2.23. The molecule has 116 valence electrons. The van der Waals surface area contributed by atoms with Crippen molar-refractivity contribution in [1.82, 2.24) is 10.6 Å². The summed E-state index contributed by atoms with van der Waals surface area (Å²) in [5.74, 6) is 0.347. The smallest absolute Gasteiger partial charge is 0.257 e. The topological polar surface area (TPSA) is 53.5 Å². The molecule has 4 heteroatoms. The average molecular weight is 289 g/mol. The Hall–Kier alpha value is -1.84. The Morgan fingerprint density at radius 1 is 1.10 bits per heavy atom. The quantitative estimate of drug-likeness (QED) is 0.616. The molecule has 0 saturated carbocycles. The van der Waals surface area contributed by atoms with E-state index in [0.29, 0.717) is 11.5 Å². The maximum absolute atomic E-state index is 12.3. The molecule has 1 aromatic rings. The molecule has 1 aromatic carbocycles. The third-order valence-electron chi connectivity index (χ3n) is 2.45. The van der Waals surface area contributed by atoms with Crippen LogP contribution >= 0.6 is 0 Å². The number of benzene rings is 1. The fourth-order valence-corrected chi connectivity index (χ4v) is 1.74. The van der Waals surface area contributed by atoms with Crippen molar-refractivity contribution >= 4 is 11.9 Å². The summed E-state index contributed by atoms with van der Waals surface area (Å²) in [7, 11) is 0. The molecule has 0 saturated heterocycles. The van der Waals surface area contributed by atoms with Crippen LogP contribution in [0.4, 0.5) is 0 Å². The van der Waals surface area contributed by atoms with Crippen molar-refractivity contribution in [3.63, 3.8) is 0 Å². The molecule has 0 aromatic heterocycles. The molecule has 0 fully saturated rings. The van der Waals surface area contributed by atoms with E-state index in [4.69, 9.17) is 0 Å². The lowest BCUT2D eigenvalue weighted by Gasteiger charge is -2.26. The van der Waals surface area contributed by atoms with Gasteiger partial charge in [0.25, 0.3) is 5.91 Å². The van der Waals surface area contributed by atoms with Gasteiger partial charge in [-0.25, -0.2) is 4.99 Å². The molecule has 4 nitrogen and oxygen atoms in total. The summed E-state index contributed by atoms with van der Waals surface area (Å²) in [5, 5.41) is 6.12. The number of aryl methyl sites for hydroxylation is 1. The molecule has 1 amide bonds. The predicted molar refractivity (Wildman–Crippen MR) is 88.7 cm³/mol. The van der Waals surface area contributed by atoms with Crippen molar-refractivity contribution in [3.8, 4) is 0 Å². The van der Waals surface area contributed by atoms with Gasteiger partial charge in [-0.3, -0.25) is 10.1 Å². The van der Waals surface area contributed by atoms with Crippen molar-refractivity contribution in [2.45, 2.75) is 59.5 Å². The Morgan fingerprint density at radius 3 is 2.19 bits per heavy atom. The van der Waals surface area contributed by atoms with Gasteiger partial charge >= 0.3 is 0 Å². The Morgan fingerprint density at radius 2 is 1.71 bits per heavy atom. The Bertz CT molecular complexity index is 534. The first kappa shape index (κ1) is 17.2. The highest BCUT2D eigenvalue weighted by Gasteiger charge is 2.18. The summed E-state index contributed by atoms with van der Waals surface area (Å²) in [6.07, 6.45) is 0. The molecule has 0 aliphatic carbocycles. The van der Waals surface area contributed by atoms with Crippen molar-refractivity contribution in [3.05, 3.63) is 35.4 Å². The van der Waals surface area contributed by atoms with E-state index in [2.05, 4.69) is 15.6 Å². The van der Waals surface area contributed by atoms with Crippen LogP contribution in [0.15, 0.2) is 29.3 Å². The number of carbonyl (C=O) groups excluding carboxylic acids is 1. The molecule has 0 radical (unpaired) electrons. The number of hydrogen-bond acceptors (Lipinski definition) is 2. The van der Waals surface area contributed by atoms with Crippen LogP contribution < -0.4 is 10.6 Å². The minimum absolute atomic E-state index is 0.154. The van der Waals surface area contributed by atoms with Crippen LogP contribution in [0.3, 0.4) is 0 Å². The van der Waals surface area contributed by atoms with Gasteiger partial charge in [-0.15, -0.1) is 0 Å². The normalized spacial score (nSPS) is 13.0. The second-order valence-corrected chi connectivity index (χ2v) is 7.33. The van der Waals surface area contributed by atoms with E-state index in [1.807, 2.05) is 66.7 Å². The monoisotopic (exact) mass is 289 g/mol. The van der Waals surface area contributed by atoms with Crippen LogP contribution in [0.25, 0.3) is 0 Å². The lowest BCUT2D eigenvalue weighted by molar-refractivity contribution is 0.0975. The zero-order chi connectivity index (χ0) is 16.3. The lowest BCUT2D eigenvalue weighted by Crippen LogP contribution is -2.50. The third-order valence-corrected chi connectivity index (χ3v) is 2.45. The molecule has 21 heavy (non-hydrogen) atoms. The number of nitrogens with one attached hydrogen (secondary N) is 2. The Balaban J connectivity index is 2.96. The first-order chi connectivity index (χ1) is 9.46. The molecule has 0 atom stereocenters. The number of hydrogen-bond donors (Lipinski definition) is 2. The molecule has 0 bridgehead atoms.